The minimum Gasteiger partial charge on any atom is -0.999 e. The van der Waals surface area contributed by atoms with Gasteiger partial charge in [-0.3, -0.25) is 0 Å². The zero-order chi connectivity index (χ0) is 19.2. The van der Waals surface area contributed by atoms with Gasteiger partial charge in [-0.25, -0.2) is 0 Å². The maximum atomic E-state index is 12.3. The maximum absolute atomic E-state index is 12.3. The molecule has 0 aliphatic heterocycles. The van der Waals surface area contributed by atoms with Gasteiger partial charge < -0.3 is 35.1 Å². The summed E-state index contributed by atoms with van der Waals surface area (Å²) in [6, 6.07) is 38.2. The van der Waals surface area contributed by atoms with Crippen molar-refractivity contribution in [1.82, 2.24) is 0 Å². The summed E-state index contributed by atoms with van der Waals surface area (Å²) in [5.41, 5.74) is 1.82. The summed E-state index contributed by atoms with van der Waals surface area (Å²) in [5, 5.41) is 4.70. The van der Waals surface area contributed by atoms with E-state index in [0.29, 0.717) is 0 Å². The van der Waals surface area contributed by atoms with Gasteiger partial charge in [0, 0.05) is 17.1 Å². The van der Waals surface area contributed by atoms with Crippen molar-refractivity contribution in [2.24, 2.45) is 0 Å². The molecule has 5 aromatic carbocycles. The van der Waals surface area contributed by atoms with Gasteiger partial charge in [0.05, 0.1) is 0 Å². The SMILES string of the molecule is O=C(C=Cc1c2ccccc2cc2ccccc12)[c-]1cccc1.[Fe].[c-]1[c-][c-][cH-][c-]1. The Morgan fingerprint density at radius 2 is 1.38 bits per heavy atom. The second-order valence-electron chi connectivity index (χ2n) is 6.29. The molecule has 0 unspecified atom stereocenters. The Labute approximate surface area is 181 Å². The van der Waals surface area contributed by atoms with Gasteiger partial charge in [-0.1, -0.05) is 66.2 Å². The van der Waals surface area contributed by atoms with Gasteiger partial charge >= 0.3 is 0 Å². The number of benzene rings is 3. The third-order valence-electron chi connectivity index (χ3n) is 4.51. The zero-order valence-corrected chi connectivity index (χ0v) is 16.6. The maximum Gasteiger partial charge on any atom is 0.105 e. The summed E-state index contributed by atoms with van der Waals surface area (Å²) in [5.74, 6) is 0.0343. The Balaban J connectivity index is 0.000000352. The van der Waals surface area contributed by atoms with Crippen LogP contribution in [0.25, 0.3) is 27.6 Å². The number of hydrogen-bond acceptors (Lipinski definition) is 1. The van der Waals surface area contributed by atoms with E-state index in [1.165, 1.54) is 10.8 Å². The first-order valence-corrected chi connectivity index (χ1v) is 9.00. The van der Waals surface area contributed by atoms with Crippen molar-refractivity contribution < 1.29 is 21.9 Å². The van der Waals surface area contributed by atoms with Crippen LogP contribution in [-0.4, -0.2) is 5.78 Å². The van der Waals surface area contributed by atoms with E-state index in [1.54, 1.807) is 12.1 Å². The number of carbonyl (C=O) groups excluding carboxylic acids is 1. The first kappa shape index (κ1) is 20.5. The van der Waals surface area contributed by atoms with Crippen LogP contribution in [0.5, 0.6) is 0 Å². The molecule has 0 aliphatic carbocycles. The molecule has 2 heteroatoms. The van der Waals surface area contributed by atoms with Crippen LogP contribution in [-0.2, 0) is 17.1 Å². The quantitative estimate of drug-likeness (QED) is 0.113. The molecule has 0 radical (unpaired) electrons. The van der Waals surface area contributed by atoms with E-state index in [2.05, 4.69) is 54.6 Å². The number of hydrogen-bond donors (Lipinski definition) is 0. The van der Waals surface area contributed by atoms with Gasteiger partial charge in [-0.05, 0) is 33.2 Å². The molecule has 0 N–H and O–H groups in total. The van der Waals surface area contributed by atoms with Crippen molar-refractivity contribution in [3.63, 3.8) is 0 Å². The predicted octanol–water partition coefficient (Wildman–Crippen LogP) is 6.21. The Kier molecular flexibility index (Phi) is 6.97. The molecule has 0 saturated carbocycles. The van der Waals surface area contributed by atoms with Gasteiger partial charge in [0.2, 0.25) is 0 Å². The largest absolute Gasteiger partial charge is 0.999 e. The van der Waals surface area contributed by atoms with Crippen LogP contribution in [0.4, 0.5) is 0 Å². The average Bonchev–Trinajstić information content (AvgIpc) is 3.48. The summed E-state index contributed by atoms with van der Waals surface area (Å²) < 4.78 is 0. The summed E-state index contributed by atoms with van der Waals surface area (Å²) in [7, 11) is 0. The van der Waals surface area contributed by atoms with E-state index in [9.17, 15) is 4.79 Å². The van der Waals surface area contributed by atoms with Crippen molar-refractivity contribution in [3.05, 3.63) is 126 Å². The van der Waals surface area contributed by atoms with Crippen molar-refractivity contribution in [2.45, 2.75) is 0 Å². The normalized spacial score (nSPS) is 10.5. The third-order valence-corrected chi connectivity index (χ3v) is 4.51. The summed E-state index contributed by atoms with van der Waals surface area (Å²) in [6.07, 6.45) is 3.61. The molecule has 0 fully saturated rings. The van der Waals surface area contributed by atoms with Gasteiger partial charge in [-0.2, -0.15) is 12.1 Å². The fraction of sp³-hybridized carbons (Fsp3) is 0. The van der Waals surface area contributed by atoms with Gasteiger partial charge in [0.25, 0.3) is 0 Å². The smallest absolute Gasteiger partial charge is 0.105 e. The van der Waals surface area contributed by atoms with Crippen LogP contribution >= 0.6 is 0 Å². The van der Waals surface area contributed by atoms with Crippen LogP contribution in [0.3, 0.4) is 0 Å². The van der Waals surface area contributed by atoms with E-state index in [0.717, 1.165) is 21.9 Å². The van der Waals surface area contributed by atoms with Crippen LogP contribution in [0.1, 0.15) is 15.9 Å². The van der Waals surface area contributed by atoms with E-state index >= 15 is 0 Å². The molecule has 1 nitrogen and oxygen atoms in total. The van der Waals surface area contributed by atoms with Crippen molar-refractivity contribution in [3.8, 4) is 0 Å². The molecule has 0 bridgehead atoms. The Morgan fingerprint density at radius 3 is 1.90 bits per heavy atom. The van der Waals surface area contributed by atoms with Crippen molar-refractivity contribution in [2.75, 3.05) is 0 Å². The summed E-state index contributed by atoms with van der Waals surface area (Å²) >= 11 is 0. The van der Waals surface area contributed by atoms with Gasteiger partial charge in [-0.15, -0.1) is 12.1 Å². The summed E-state index contributed by atoms with van der Waals surface area (Å²) in [4.78, 5) is 12.3. The number of allylic oxidation sites excluding steroid dienone is 1. The molecular formula is C27H16FeO-6. The Morgan fingerprint density at radius 1 is 0.828 bits per heavy atom. The number of ketones is 1. The Hall–Kier alpha value is -3.19. The molecule has 5 aromatic rings. The number of carbonyl (C=O) groups is 1. The molecule has 0 spiro atoms. The molecule has 0 saturated heterocycles. The molecule has 29 heavy (non-hydrogen) atoms. The number of rotatable bonds is 3. The first-order valence-electron chi connectivity index (χ1n) is 9.00. The number of fused-ring (bicyclic) bond motifs is 2. The van der Waals surface area contributed by atoms with E-state index < -0.39 is 0 Å². The van der Waals surface area contributed by atoms with Crippen LogP contribution < -0.4 is 0 Å². The van der Waals surface area contributed by atoms with E-state index in [1.807, 2.05) is 54.6 Å². The predicted molar refractivity (Wildman–Crippen MR) is 114 cm³/mol. The van der Waals surface area contributed by atoms with Crippen LogP contribution in [0.2, 0.25) is 0 Å². The molecule has 0 amide bonds. The van der Waals surface area contributed by atoms with Crippen LogP contribution in [0, 0.1) is 24.3 Å². The van der Waals surface area contributed by atoms with Gasteiger partial charge in [0.15, 0.2) is 0 Å². The summed E-state index contributed by atoms with van der Waals surface area (Å²) in [6.45, 7) is 0. The van der Waals surface area contributed by atoms with Crippen molar-refractivity contribution >= 4 is 33.4 Å². The monoisotopic (exact) mass is 412 g/mol. The molecule has 0 atom stereocenters. The third kappa shape index (κ3) is 4.81. The zero-order valence-electron chi connectivity index (χ0n) is 15.5. The van der Waals surface area contributed by atoms with Gasteiger partial charge in [0.1, 0.15) is 5.78 Å². The van der Waals surface area contributed by atoms with E-state index in [4.69, 9.17) is 0 Å². The second-order valence-corrected chi connectivity index (χ2v) is 6.29. The van der Waals surface area contributed by atoms with Crippen molar-refractivity contribution in [1.29, 1.82) is 0 Å². The molecule has 144 valence electrons. The molecular weight excluding hydrogens is 396 g/mol. The standard InChI is InChI=1S/C22H15O.C5H.Fe/c23-22(16-7-1-2-8-16)14-13-21-19-11-5-3-9-17(19)15-18-10-4-6-12-20(18)21;1-2-4-5-3-1;/h1-15H;1H;/q-1;-5;. The minimum absolute atomic E-state index is 0. The fourth-order valence-electron chi connectivity index (χ4n) is 3.20. The topological polar surface area (TPSA) is 17.1 Å². The Bertz CT molecular complexity index is 1140. The molecule has 0 heterocycles. The fourth-order valence-corrected chi connectivity index (χ4v) is 3.20. The molecule has 0 aliphatic rings. The molecule has 0 aromatic heterocycles. The first-order chi connectivity index (χ1) is 13.8. The average molecular weight is 412 g/mol. The molecule has 5 rings (SSSR count). The van der Waals surface area contributed by atoms with E-state index in [-0.39, 0.29) is 22.9 Å². The van der Waals surface area contributed by atoms with Crippen LogP contribution in [0.15, 0.2) is 91.0 Å². The minimum atomic E-state index is 0. The second kappa shape index (κ2) is 9.84.